The number of carbonyl (C=O) groups excluding carboxylic acids is 1. The van der Waals surface area contributed by atoms with E-state index in [1.807, 2.05) is 0 Å². The Hall–Kier alpha value is -1.22. The lowest BCUT2D eigenvalue weighted by molar-refractivity contribution is -0.139. The molecule has 0 spiro atoms. The fourth-order valence-corrected chi connectivity index (χ4v) is 1.15. The van der Waals surface area contributed by atoms with E-state index in [9.17, 15) is 4.79 Å². The van der Waals surface area contributed by atoms with Gasteiger partial charge < -0.3 is 9.84 Å². The Morgan fingerprint density at radius 2 is 2.31 bits per heavy atom. The molecule has 0 saturated heterocycles. The summed E-state index contributed by atoms with van der Waals surface area (Å²) in [5.74, 6) is -0.272. The van der Waals surface area contributed by atoms with Crippen molar-refractivity contribution in [3.63, 3.8) is 0 Å². The number of hydrogen-bond donors (Lipinski definition) is 1. The fourth-order valence-electron chi connectivity index (χ4n) is 0.907. The van der Waals surface area contributed by atoms with E-state index >= 15 is 0 Å². The molecule has 1 aromatic rings. The minimum absolute atomic E-state index is 0.0821. The van der Waals surface area contributed by atoms with E-state index in [1.54, 1.807) is 6.07 Å². The van der Waals surface area contributed by atoms with Gasteiger partial charge in [0, 0.05) is 5.02 Å². The Kier molecular flexibility index (Phi) is 3.14. The van der Waals surface area contributed by atoms with E-state index in [4.69, 9.17) is 16.7 Å². The van der Waals surface area contributed by atoms with Crippen molar-refractivity contribution in [2.45, 2.75) is 6.42 Å². The molecule has 0 aliphatic carbocycles. The summed E-state index contributed by atoms with van der Waals surface area (Å²) in [6.45, 7) is 0. The second-order valence-corrected chi connectivity index (χ2v) is 2.94. The van der Waals surface area contributed by atoms with E-state index < -0.39 is 0 Å². The molecule has 0 saturated carbocycles. The highest BCUT2D eigenvalue weighted by Gasteiger charge is 2.06. The second-order valence-electron chi connectivity index (χ2n) is 2.53. The quantitative estimate of drug-likeness (QED) is 0.740. The molecule has 0 aliphatic rings. The number of phenols is 1. The van der Waals surface area contributed by atoms with Gasteiger partial charge in [0.25, 0.3) is 0 Å². The predicted molar refractivity (Wildman–Crippen MR) is 48.8 cm³/mol. The number of ether oxygens (including phenoxy) is 1. The summed E-state index contributed by atoms with van der Waals surface area (Å²) in [6.07, 6.45) is 0.121. The molecular weight excluding hydrogens is 192 g/mol. The van der Waals surface area contributed by atoms with E-state index in [2.05, 4.69) is 4.74 Å². The Morgan fingerprint density at radius 3 is 2.85 bits per heavy atom. The molecular formula is C9H9ClO3. The van der Waals surface area contributed by atoms with E-state index in [0.717, 1.165) is 0 Å². The summed E-state index contributed by atoms with van der Waals surface area (Å²) in [7, 11) is 1.32. The van der Waals surface area contributed by atoms with Crippen LogP contribution >= 0.6 is 11.6 Å². The van der Waals surface area contributed by atoms with Crippen LogP contribution in [0.3, 0.4) is 0 Å². The van der Waals surface area contributed by atoms with Crippen molar-refractivity contribution in [2.75, 3.05) is 7.11 Å². The number of hydrogen-bond acceptors (Lipinski definition) is 3. The van der Waals surface area contributed by atoms with Gasteiger partial charge in [-0.05, 0) is 17.7 Å². The molecule has 0 atom stereocenters. The highest BCUT2D eigenvalue weighted by molar-refractivity contribution is 6.31. The first-order valence-corrected chi connectivity index (χ1v) is 4.05. The highest BCUT2D eigenvalue weighted by atomic mass is 35.5. The van der Waals surface area contributed by atoms with Crippen LogP contribution in [0.25, 0.3) is 0 Å². The monoisotopic (exact) mass is 200 g/mol. The van der Waals surface area contributed by atoms with Crippen LogP contribution in [0.15, 0.2) is 18.2 Å². The van der Waals surface area contributed by atoms with Gasteiger partial charge in [0.15, 0.2) is 0 Å². The van der Waals surface area contributed by atoms with Gasteiger partial charge in [-0.15, -0.1) is 0 Å². The standard InChI is InChI=1S/C9H9ClO3/c1-13-9(12)4-6-2-3-7(11)5-8(6)10/h2-3,5,11H,4H2,1H3. The molecule has 13 heavy (non-hydrogen) atoms. The van der Waals surface area contributed by atoms with Gasteiger partial charge in [0.05, 0.1) is 13.5 Å². The summed E-state index contributed by atoms with van der Waals surface area (Å²) in [4.78, 5) is 10.9. The normalized spacial score (nSPS) is 9.69. The minimum Gasteiger partial charge on any atom is -0.508 e. The molecule has 3 nitrogen and oxygen atoms in total. The third-order valence-electron chi connectivity index (χ3n) is 1.60. The van der Waals surface area contributed by atoms with E-state index in [-0.39, 0.29) is 18.1 Å². The molecule has 0 aromatic heterocycles. The lowest BCUT2D eigenvalue weighted by Gasteiger charge is -2.02. The van der Waals surface area contributed by atoms with Crippen LogP contribution in [0.5, 0.6) is 5.75 Å². The predicted octanol–water partition coefficient (Wildman–Crippen LogP) is 1.76. The van der Waals surface area contributed by atoms with Crippen molar-refractivity contribution in [1.82, 2.24) is 0 Å². The van der Waals surface area contributed by atoms with Crippen molar-refractivity contribution in [1.29, 1.82) is 0 Å². The third-order valence-corrected chi connectivity index (χ3v) is 1.95. The Bertz CT molecular complexity index is 323. The fraction of sp³-hybridized carbons (Fsp3) is 0.222. The maximum atomic E-state index is 10.9. The molecule has 4 heteroatoms. The van der Waals surface area contributed by atoms with E-state index in [0.29, 0.717) is 10.6 Å². The SMILES string of the molecule is COC(=O)Cc1ccc(O)cc1Cl. The summed E-state index contributed by atoms with van der Waals surface area (Å²) in [5, 5.41) is 9.39. The van der Waals surface area contributed by atoms with Crippen LogP contribution in [-0.2, 0) is 16.0 Å². The number of carbonyl (C=O) groups is 1. The number of aromatic hydroxyl groups is 1. The molecule has 0 fully saturated rings. The maximum Gasteiger partial charge on any atom is 0.310 e. The van der Waals surface area contributed by atoms with Gasteiger partial charge in [-0.1, -0.05) is 17.7 Å². The first kappa shape index (κ1) is 9.86. The number of methoxy groups -OCH3 is 1. The average Bonchev–Trinajstić information content (AvgIpc) is 2.09. The van der Waals surface area contributed by atoms with Crippen LogP contribution in [0.2, 0.25) is 5.02 Å². The number of benzene rings is 1. The largest absolute Gasteiger partial charge is 0.508 e. The molecule has 0 unspecified atom stereocenters. The molecule has 70 valence electrons. The van der Waals surface area contributed by atoms with Crippen molar-refractivity contribution in [3.05, 3.63) is 28.8 Å². The van der Waals surface area contributed by atoms with Gasteiger partial charge in [-0.25, -0.2) is 0 Å². The minimum atomic E-state index is -0.354. The second kappa shape index (κ2) is 4.14. The van der Waals surface area contributed by atoms with Crippen LogP contribution in [0, 0.1) is 0 Å². The molecule has 1 aromatic carbocycles. The zero-order chi connectivity index (χ0) is 9.84. The Morgan fingerprint density at radius 1 is 1.62 bits per heavy atom. The van der Waals surface area contributed by atoms with Gasteiger partial charge in [-0.3, -0.25) is 4.79 Å². The molecule has 0 heterocycles. The molecule has 0 radical (unpaired) electrons. The average molecular weight is 201 g/mol. The van der Waals surface area contributed by atoms with Gasteiger partial charge in [-0.2, -0.15) is 0 Å². The van der Waals surface area contributed by atoms with Crippen molar-refractivity contribution >= 4 is 17.6 Å². The first-order chi connectivity index (χ1) is 6.13. The smallest absolute Gasteiger partial charge is 0.310 e. The number of halogens is 1. The highest BCUT2D eigenvalue weighted by Crippen LogP contribution is 2.21. The summed E-state index contributed by atoms with van der Waals surface area (Å²) >= 11 is 5.76. The molecule has 0 aliphatic heterocycles. The van der Waals surface area contributed by atoms with E-state index in [1.165, 1.54) is 19.2 Å². The van der Waals surface area contributed by atoms with Crippen LogP contribution < -0.4 is 0 Å². The summed E-state index contributed by atoms with van der Waals surface area (Å²) in [5.41, 5.74) is 0.645. The van der Waals surface area contributed by atoms with Crippen molar-refractivity contribution in [2.24, 2.45) is 0 Å². The Balaban J connectivity index is 2.83. The number of phenolic OH excluding ortho intramolecular Hbond substituents is 1. The summed E-state index contributed by atoms with van der Waals surface area (Å²) < 4.78 is 4.48. The Labute approximate surface area is 80.9 Å². The molecule has 1 rings (SSSR count). The lowest BCUT2D eigenvalue weighted by atomic mass is 10.1. The maximum absolute atomic E-state index is 10.9. The zero-order valence-electron chi connectivity index (χ0n) is 7.08. The van der Waals surface area contributed by atoms with Crippen LogP contribution in [0.1, 0.15) is 5.56 Å². The molecule has 1 N–H and O–H groups in total. The van der Waals surface area contributed by atoms with Crippen molar-refractivity contribution in [3.8, 4) is 5.75 Å². The lowest BCUT2D eigenvalue weighted by Crippen LogP contribution is -2.04. The zero-order valence-corrected chi connectivity index (χ0v) is 7.84. The first-order valence-electron chi connectivity index (χ1n) is 3.67. The van der Waals surface area contributed by atoms with Gasteiger partial charge >= 0.3 is 5.97 Å². The van der Waals surface area contributed by atoms with Crippen molar-refractivity contribution < 1.29 is 14.6 Å². The topological polar surface area (TPSA) is 46.5 Å². The summed E-state index contributed by atoms with van der Waals surface area (Å²) in [6, 6.07) is 4.46. The third kappa shape index (κ3) is 2.63. The molecule has 0 bridgehead atoms. The number of esters is 1. The number of rotatable bonds is 2. The van der Waals surface area contributed by atoms with Crippen LogP contribution in [0.4, 0.5) is 0 Å². The van der Waals surface area contributed by atoms with Crippen LogP contribution in [-0.4, -0.2) is 18.2 Å². The van der Waals surface area contributed by atoms with Gasteiger partial charge in [0.2, 0.25) is 0 Å². The molecule has 0 amide bonds. The van der Waals surface area contributed by atoms with Gasteiger partial charge in [0.1, 0.15) is 5.75 Å².